The number of amides is 1. The molecule has 0 bridgehead atoms. The van der Waals surface area contributed by atoms with Crippen LogP contribution in [0.4, 0.5) is 0 Å². The molecule has 29 heavy (non-hydrogen) atoms. The fourth-order valence-electron chi connectivity index (χ4n) is 3.48. The number of hydrazone groups is 1. The van der Waals surface area contributed by atoms with Crippen molar-refractivity contribution in [2.45, 2.75) is 32.7 Å². The molecule has 4 rings (SSSR count). The van der Waals surface area contributed by atoms with E-state index in [1.165, 1.54) is 40.2 Å². The highest BCUT2D eigenvalue weighted by Gasteiger charge is 2.23. The Morgan fingerprint density at radius 2 is 2.28 bits per heavy atom. The van der Waals surface area contributed by atoms with E-state index in [0.29, 0.717) is 16.9 Å². The molecule has 1 amide bonds. The number of aromatic hydroxyl groups is 2. The van der Waals surface area contributed by atoms with E-state index in [1.54, 1.807) is 11.3 Å². The van der Waals surface area contributed by atoms with E-state index in [9.17, 15) is 19.8 Å². The first-order valence-corrected chi connectivity index (χ1v) is 10.1. The molecular weight excluding hydrogens is 392 g/mol. The first-order valence-electron chi connectivity index (χ1n) is 9.26. The number of aryl methyl sites for hydroxylation is 1. The van der Waals surface area contributed by atoms with Crippen molar-refractivity contribution >= 4 is 33.7 Å². The highest BCUT2D eigenvalue weighted by molar-refractivity contribution is 7.18. The third kappa shape index (κ3) is 3.86. The summed E-state index contributed by atoms with van der Waals surface area (Å²) in [6.45, 7) is 2.00. The molecule has 1 unspecified atom stereocenters. The van der Waals surface area contributed by atoms with Gasteiger partial charge in [-0.1, -0.05) is 6.92 Å². The summed E-state index contributed by atoms with van der Waals surface area (Å²) in [5, 5.41) is 23.4. The summed E-state index contributed by atoms with van der Waals surface area (Å²) in [6, 6.07) is 4.03. The van der Waals surface area contributed by atoms with Crippen LogP contribution in [0.2, 0.25) is 0 Å². The fraction of sp³-hybridized carbons (Fsp3) is 0.300. The normalized spacial score (nSPS) is 16.2. The van der Waals surface area contributed by atoms with Crippen LogP contribution in [0.25, 0.3) is 10.2 Å². The molecule has 0 saturated carbocycles. The van der Waals surface area contributed by atoms with Crippen LogP contribution in [-0.4, -0.2) is 31.9 Å². The molecule has 0 spiro atoms. The molecule has 3 N–H and O–H groups in total. The number of carbonyl (C=O) groups excluding carboxylic acids is 1. The van der Waals surface area contributed by atoms with Gasteiger partial charge in [-0.25, -0.2) is 10.4 Å². The van der Waals surface area contributed by atoms with Gasteiger partial charge in [0.05, 0.1) is 17.9 Å². The Morgan fingerprint density at radius 1 is 1.45 bits per heavy atom. The molecule has 9 heteroatoms. The minimum absolute atomic E-state index is 0.0731. The fourth-order valence-corrected chi connectivity index (χ4v) is 4.82. The number of nitrogens with zero attached hydrogens (tertiary/aromatic N) is 3. The zero-order valence-electron chi connectivity index (χ0n) is 15.8. The molecule has 2 aromatic heterocycles. The van der Waals surface area contributed by atoms with Gasteiger partial charge < -0.3 is 10.2 Å². The van der Waals surface area contributed by atoms with Crippen LogP contribution in [0.3, 0.4) is 0 Å². The Hall–Kier alpha value is -3.20. The number of hydrogen-bond acceptors (Lipinski definition) is 7. The summed E-state index contributed by atoms with van der Waals surface area (Å²) in [5.74, 6) is -0.114. The molecule has 150 valence electrons. The van der Waals surface area contributed by atoms with Gasteiger partial charge in [-0.3, -0.25) is 14.2 Å². The molecule has 8 nitrogen and oxygen atoms in total. The summed E-state index contributed by atoms with van der Waals surface area (Å²) in [7, 11) is 0. The lowest BCUT2D eigenvalue weighted by molar-refractivity contribution is -0.121. The van der Waals surface area contributed by atoms with Gasteiger partial charge in [0.15, 0.2) is 0 Å². The molecule has 3 aromatic rings. The van der Waals surface area contributed by atoms with Crippen LogP contribution in [0.5, 0.6) is 11.5 Å². The average molecular weight is 412 g/mol. The van der Waals surface area contributed by atoms with Gasteiger partial charge in [-0.05, 0) is 42.9 Å². The molecule has 1 aliphatic carbocycles. The topological polar surface area (TPSA) is 117 Å². The maximum absolute atomic E-state index is 12.9. The van der Waals surface area contributed by atoms with Crippen LogP contribution >= 0.6 is 11.3 Å². The predicted octanol–water partition coefficient (Wildman–Crippen LogP) is 2.14. The largest absolute Gasteiger partial charge is 0.508 e. The van der Waals surface area contributed by atoms with Crippen LogP contribution in [-0.2, 0) is 24.2 Å². The number of hydrogen-bond donors (Lipinski definition) is 3. The number of phenolic OH excluding ortho intramolecular Hbond substituents is 2. The van der Waals surface area contributed by atoms with Gasteiger partial charge in [-0.2, -0.15) is 5.10 Å². The SMILES string of the molecule is CC1CCc2c(sc3ncn(CC(=O)N/N=C/c4ccc(O)cc4O)c(=O)c23)C1. The zero-order chi connectivity index (χ0) is 20.5. The molecule has 0 fully saturated rings. The van der Waals surface area contributed by atoms with E-state index < -0.39 is 5.91 Å². The van der Waals surface area contributed by atoms with E-state index in [1.807, 2.05) is 0 Å². The lowest BCUT2D eigenvalue weighted by Crippen LogP contribution is -2.30. The minimum atomic E-state index is -0.486. The van der Waals surface area contributed by atoms with Gasteiger partial charge in [0.25, 0.3) is 11.5 Å². The first-order chi connectivity index (χ1) is 13.9. The van der Waals surface area contributed by atoms with E-state index >= 15 is 0 Å². The van der Waals surface area contributed by atoms with Crippen molar-refractivity contribution in [2.75, 3.05) is 0 Å². The van der Waals surface area contributed by atoms with E-state index in [2.05, 4.69) is 22.4 Å². The third-order valence-electron chi connectivity index (χ3n) is 5.00. The maximum atomic E-state index is 12.9. The number of rotatable bonds is 4. The molecule has 2 heterocycles. The summed E-state index contributed by atoms with van der Waals surface area (Å²) in [4.78, 5) is 31.4. The van der Waals surface area contributed by atoms with E-state index in [0.717, 1.165) is 29.7 Å². The van der Waals surface area contributed by atoms with Gasteiger partial charge in [0.1, 0.15) is 22.9 Å². The summed E-state index contributed by atoms with van der Waals surface area (Å²) in [6.07, 6.45) is 5.53. The van der Waals surface area contributed by atoms with E-state index in [-0.39, 0.29) is 23.6 Å². The Morgan fingerprint density at radius 3 is 3.07 bits per heavy atom. The molecule has 0 saturated heterocycles. The van der Waals surface area contributed by atoms with Crippen LogP contribution in [0.15, 0.2) is 34.4 Å². The second-order valence-corrected chi connectivity index (χ2v) is 8.33. The third-order valence-corrected chi connectivity index (χ3v) is 6.17. The lowest BCUT2D eigenvalue weighted by atomic mass is 9.89. The van der Waals surface area contributed by atoms with Crippen molar-refractivity contribution in [1.29, 1.82) is 0 Å². The Labute approximate surface area is 170 Å². The number of carbonyl (C=O) groups is 1. The van der Waals surface area contributed by atoms with Crippen molar-refractivity contribution in [3.63, 3.8) is 0 Å². The van der Waals surface area contributed by atoms with Crippen molar-refractivity contribution < 1.29 is 15.0 Å². The average Bonchev–Trinajstić information content (AvgIpc) is 3.04. The van der Waals surface area contributed by atoms with Crippen molar-refractivity contribution in [3.05, 3.63) is 50.9 Å². The summed E-state index contributed by atoms with van der Waals surface area (Å²) >= 11 is 1.57. The molecule has 1 aromatic carbocycles. The highest BCUT2D eigenvalue weighted by atomic mass is 32.1. The number of phenols is 2. The number of fused-ring (bicyclic) bond motifs is 3. The van der Waals surface area contributed by atoms with Crippen LogP contribution in [0.1, 0.15) is 29.3 Å². The minimum Gasteiger partial charge on any atom is -0.508 e. The number of nitrogens with one attached hydrogen (secondary N) is 1. The second-order valence-electron chi connectivity index (χ2n) is 7.25. The quantitative estimate of drug-likeness (QED) is 0.448. The molecule has 0 aliphatic heterocycles. The monoisotopic (exact) mass is 412 g/mol. The molecule has 0 radical (unpaired) electrons. The number of benzene rings is 1. The standard InChI is InChI=1S/C20H20N4O4S/c1-11-2-5-14-16(6-11)29-19-18(14)20(28)24(10-21-19)9-17(27)23-22-8-12-3-4-13(25)7-15(12)26/h3-4,7-8,10-11,25-26H,2,5-6,9H2,1H3,(H,23,27)/b22-8+. The van der Waals surface area contributed by atoms with Crippen LogP contribution in [0, 0.1) is 5.92 Å². The first kappa shape index (κ1) is 19.1. The number of thiophene rings is 1. The maximum Gasteiger partial charge on any atom is 0.262 e. The second kappa shape index (κ2) is 7.67. The Kier molecular flexibility index (Phi) is 5.06. The van der Waals surface area contributed by atoms with Gasteiger partial charge >= 0.3 is 0 Å². The summed E-state index contributed by atoms with van der Waals surface area (Å²) < 4.78 is 1.29. The predicted molar refractivity (Wildman–Crippen MR) is 111 cm³/mol. The Bertz CT molecular complexity index is 1180. The van der Waals surface area contributed by atoms with Gasteiger partial charge in [0.2, 0.25) is 0 Å². The van der Waals surface area contributed by atoms with Gasteiger partial charge in [0, 0.05) is 16.5 Å². The zero-order valence-corrected chi connectivity index (χ0v) is 16.6. The number of aromatic nitrogens is 2. The summed E-state index contributed by atoms with van der Waals surface area (Å²) in [5.41, 5.74) is 3.54. The smallest absolute Gasteiger partial charge is 0.262 e. The van der Waals surface area contributed by atoms with Crippen LogP contribution < -0.4 is 11.0 Å². The lowest BCUT2D eigenvalue weighted by Gasteiger charge is -2.17. The Balaban J connectivity index is 1.50. The molecule has 1 atom stereocenters. The molecule has 1 aliphatic rings. The highest BCUT2D eigenvalue weighted by Crippen LogP contribution is 2.35. The van der Waals surface area contributed by atoms with Crippen molar-refractivity contribution in [2.24, 2.45) is 11.0 Å². The van der Waals surface area contributed by atoms with Crippen molar-refractivity contribution in [1.82, 2.24) is 15.0 Å². The van der Waals surface area contributed by atoms with E-state index in [4.69, 9.17) is 0 Å². The van der Waals surface area contributed by atoms with Crippen molar-refractivity contribution in [3.8, 4) is 11.5 Å². The molecular formula is C20H20N4O4S. The van der Waals surface area contributed by atoms with Gasteiger partial charge in [-0.15, -0.1) is 11.3 Å².